The van der Waals surface area contributed by atoms with Crippen LogP contribution in [0.5, 0.6) is 0 Å². The summed E-state index contributed by atoms with van der Waals surface area (Å²) in [7, 11) is 0. The maximum absolute atomic E-state index is 12.5. The van der Waals surface area contributed by atoms with E-state index in [2.05, 4.69) is 10.6 Å². The molecule has 2 amide bonds. The molecule has 1 unspecified atom stereocenters. The Morgan fingerprint density at radius 3 is 2.68 bits per heavy atom. The van der Waals surface area contributed by atoms with Crippen molar-refractivity contribution < 1.29 is 9.59 Å². The van der Waals surface area contributed by atoms with Crippen molar-refractivity contribution in [3.05, 3.63) is 0 Å². The lowest BCUT2D eigenvalue weighted by Crippen LogP contribution is -2.53. The van der Waals surface area contributed by atoms with Gasteiger partial charge >= 0.3 is 0 Å². The lowest BCUT2D eigenvalue weighted by atomic mass is 10.0. The highest BCUT2D eigenvalue weighted by atomic mass is 16.2. The topological polar surface area (TPSA) is 61.4 Å². The maximum atomic E-state index is 12.5. The van der Waals surface area contributed by atoms with Crippen LogP contribution in [-0.2, 0) is 9.59 Å². The molecule has 2 fully saturated rings. The van der Waals surface area contributed by atoms with Crippen molar-refractivity contribution in [1.29, 1.82) is 0 Å². The molecule has 5 nitrogen and oxygen atoms in total. The Kier molecular flexibility index (Phi) is 4.80. The van der Waals surface area contributed by atoms with Gasteiger partial charge in [-0.3, -0.25) is 9.59 Å². The van der Waals surface area contributed by atoms with Crippen LogP contribution in [0, 0.1) is 0 Å². The Morgan fingerprint density at radius 2 is 2.16 bits per heavy atom. The van der Waals surface area contributed by atoms with Crippen LogP contribution < -0.4 is 10.6 Å². The third kappa shape index (κ3) is 3.69. The molecule has 0 aromatic heterocycles. The maximum Gasteiger partial charge on any atom is 0.245 e. The molecule has 2 heterocycles. The van der Waals surface area contributed by atoms with Crippen molar-refractivity contribution >= 4 is 11.8 Å². The lowest BCUT2D eigenvalue weighted by molar-refractivity contribution is -0.136. The fraction of sp³-hybridized carbons (Fsp3) is 0.857. The van der Waals surface area contributed by atoms with Crippen LogP contribution in [-0.4, -0.2) is 47.9 Å². The van der Waals surface area contributed by atoms with Gasteiger partial charge in [0.05, 0.1) is 0 Å². The Labute approximate surface area is 115 Å². The van der Waals surface area contributed by atoms with E-state index in [4.69, 9.17) is 0 Å². The van der Waals surface area contributed by atoms with Gasteiger partial charge in [0.15, 0.2) is 0 Å². The van der Waals surface area contributed by atoms with E-state index < -0.39 is 0 Å². The van der Waals surface area contributed by atoms with E-state index in [-0.39, 0.29) is 23.9 Å². The summed E-state index contributed by atoms with van der Waals surface area (Å²) in [6.07, 6.45) is 4.71. The Morgan fingerprint density at radius 1 is 1.37 bits per heavy atom. The summed E-state index contributed by atoms with van der Waals surface area (Å²) in [5.74, 6) is 0.0751. The third-order valence-electron chi connectivity index (χ3n) is 4.03. The second-order valence-corrected chi connectivity index (χ2v) is 5.89. The van der Waals surface area contributed by atoms with Crippen LogP contribution >= 0.6 is 0 Å². The summed E-state index contributed by atoms with van der Waals surface area (Å²) in [5, 5.41) is 6.25. The highest BCUT2D eigenvalue weighted by Gasteiger charge is 2.32. The zero-order valence-electron chi connectivity index (χ0n) is 11.9. The number of nitrogens with one attached hydrogen (secondary N) is 2. The molecule has 2 rings (SSSR count). The molecular weight excluding hydrogens is 242 g/mol. The van der Waals surface area contributed by atoms with Crippen LogP contribution in [0.4, 0.5) is 0 Å². The number of piperidine rings is 1. The fourth-order valence-corrected chi connectivity index (χ4v) is 2.87. The van der Waals surface area contributed by atoms with Crippen molar-refractivity contribution in [3.63, 3.8) is 0 Å². The van der Waals surface area contributed by atoms with E-state index in [1.165, 1.54) is 12.8 Å². The predicted octanol–water partition coefficient (Wildman–Crippen LogP) is 0.644. The van der Waals surface area contributed by atoms with Crippen LogP contribution in [0.25, 0.3) is 0 Å². The van der Waals surface area contributed by atoms with Gasteiger partial charge in [-0.2, -0.15) is 0 Å². The number of nitrogens with zero attached hydrogens (tertiary/aromatic N) is 1. The molecule has 2 saturated heterocycles. The Balaban J connectivity index is 1.94. The lowest BCUT2D eigenvalue weighted by Gasteiger charge is -2.34. The molecule has 0 aromatic carbocycles. The summed E-state index contributed by atoms with van der Waals surface area (Å²) in [6, 6.07) is 0.268. The number of rotatable bonds is 4. The fourth-order valence-electron chi connectivity index (χ4n) is 2.87. The summed E-state index contributed by atoms with van der Waals surface area (Å²) in [5.41, 5.74) is 0. The summed E-state index contributed by atoms with van der Waals surface area (Å²) >= 11 is 0. The zero-order chi connectivity index (χ0) is 13.8. The predicted molar refractivity (Wildman–Crippen MR) is 73.7 cm³/mol. The molecule has 5 heteroatoms. The molecule has 0 spiro atoms. The molecule has 2 aliphatic rings. The average molecular weight is 267 g/mol. The Bertz CT molecular complexity index is 338. The van der Waals surface area contributed by atoms with Gasteiger partial charge in [-0.1, -0.05) is 6.42 Å². The minimum atomic E-state index is -0.307. The molecule has 2 N–H and O–H groups in total. The van der Waals surface area contributed by atoms with Gasteiger partial charge in [-0.15, -0.1) is 0 Å². The van der Waals surface area contributed by atoms with E-state index in [0.717, 1.165) is 19.5 Å². The van der Waals surface area contributed by atoms with Gasteiger partial charge < -0.3 is 15.5 Å². The molecule has 19 heavy (non-hydrogen) atoms. The van der Waals surface area contributed by atoms with Gasteiger partial charge in [0.1, 0.15) is 6.04 Å². The smallest absolute Gasteiger partial charge is 0.245 e. The van der Waals surface area contributed by atoms with E-state index in [9.17, 15) is 9.59 Å². The molecule has 0 aliphatic carbocycles. The zero-order valence-corrected chi connectivity index (χ0v) is 11.9. The van der Waals surface area contributed by atoms with Gasteiger partial charge in [-0.25, -0.2) is 0 Å². The number of hydrogen-bond acceptors (Lipinski definition) is 3. The molecular formula is C14H25N3O2. The molecule has 0 radical (unpaired) electrons. The number of hydrogen-bond donors (Lipinski definition) is 2. The van der Waals surface area contributed by atoms with E-state index in [1.807, 2.05) is 18.7 Å². The highest BCUT2D eigenvalue weighted by Crippen LogP contribution is 2.15. The van der Waals surface area contributed by atoms with Crippen molar-refractivity contribution in [1.82, 2.24) is 15.5 Å². The molecule has 108 valence electrons. The number of carbonyl (C=O) groups excluding carboxylic acids is 2. The molecule has 0 bridgehead atoms. The van der Waals surface area contributed by atoms with Gasteiger partial charge in [0.2, 0.25) is 11.8 Å². The van der Waals surface area contributed by atoms with E-state index >= 15 is 0 Å². The molecule has 2 atom stereocenters. The van der Waals surface area contributed by atoms with Gasteiger partial charge in [0, 0.05) is 25.0 Å². The SMILES string of the molecule is CC(C)N(CC1CCCCN1)C(=O)[C@H]1CCC(=O)N1. The van der Waals surface area contributed by atoms with Crippen molar-refractivity contribution in [2.45, 2.75) is 64.1 Å². The summed E-state index contributed by atoms with van der Waals surface area (Å²) in [4.78, 5) is 25.7. The second kappa shape index (κ2) is 6.37. The highest BCUT2D eigenvalue weighted by molar-refractivity contribution is 5.90. The molecule has 0 saturated carbocycles. The molecule has 0 aromatic rings. The first-order chi connectivity index (χ1) is 9.08. The minimum absolute atomic E-state index is 0.00199. The first kappa shape index (κ1) is 14.3. The van der Waals surface area contributed by atoms with E-state index in [0.29, 0.717) is 18.9 Å². The molecule has 2 aliphatic heterocycles. The van der Waals surface area contributed by atoms with Crippen LogP contribution in [0.1, 0.15) is 46.0 Å². The van der Waals surface area contributed by atoms with Crippen LogP contribution in [0.15, 0.2) is 0 Å². The number of carbonyl (C=O) groups is 2. The van der Waals surface area contributed by atoms with Gasteiger partial charge in [0.25, 0.3) is 0 Å². The quantitative estimate of drug-likeness (QED) is 0.786. The third-order valence-corrected chi connectivity index (χ3v) is 4.03. The van der Waals surface area contributed by atoms with Crippen molar-refractivity contribution in [2.75, 3.05) is 13.1 Å². The summed E-state index contributed by atoms with van der Waals surface area (Å²) in [6.45, 7) is 5.88. The van der Waals surface area contributed by atoms with Crippen LogP contribution in [0.2, 0.25) is 0 Å². The largest absolute Gasteiger partial charge is 0.344 e. The normalized spacial score (nSPS) is 27.4. The summed E-state index contributed by atoms with van der Waals surface area (Å²) < 4.78 is 0. The first-order valence-corrected chi connectivity index (χ1v) is 7.41. The average Bonchev–Trinajstić information content (AvgIpc) is 2.83. The standard InChI is InChI=1S/C14H25N3O2/c1-10(2)17(9-11-5-3-4-8-15-11)14(19)12-6-7-13(18)16-12/h10-12,15H,3-9H2,1-2H3,(H,16,18)/t11?,12-/m1/s1. The van der Waals surface area contributed by atoms with Crippen molar-refractivity contribution in [3.8, 4) is 0 Å². The second-order valence-electron chi connectivity index (χ2n) is 5.89. The van der Waals surface area contributed by atoms with Crippen molar-refractivity contribution in [2.24, 2.45) is 0 Å². The monoisotopic (exact) mass is 267 g/mol. The Hall–Kier alpha value is -1.10. The van der Waals surface area contributed by atoms with Crippen LogP contribution in [0.3, 0.4) is 0 Å². The minimum Gasteiger partial charge on any atom is -0.344 e. The van der Waals surface area contributed by atoms with E-state index in [1.54, 1.807) is 0 Å². The number of amides is 2. The first-order valence-electron chi connectivity index (χ1n) is 7.41. The van der Waals surface area contributed by atoms with Gasteiger partial charge in [-0.05, 0) is 39.7 Å².